The van der Waals surface area contributed by atoms with Crippen LogP contribution in [0.1, 0.15) is 6.92 Å². The maximum atomic E-state index is 10.6. The molecule has 3 heterocycles. The van der Waals surface area contributed by atoms with Crippen molar-refractivity contribution in [3.8, 4) is 6.01 Å². The minimum absolute atomic E-state index is 0.153. The summed E-state index contributed by atoms with van der Waals surface area (Å²) in [7, 11) is 0. The highest BCUT2D eigenvalue weighted by molar-refractivity contribution is 5.23. The predicted octanol–water partition coefficient (Wildman–Crippen LogP) is -0.152. The van der Waals surface area contributed by atoms with Gasteiger partial charge in [-0.3, -0.25) is 9.47 Å². The summed E-state index contributed by atoms with van der Waals surface area (Å²) in [5.74, 6) is -0.153. The quantitative estimate of drug-likeness (QED) is 0.605. The van der Waals surface area contributed by atoms with Crippen LogP contribution in [0.5, 0.6) is 6.01 Å². The van der Waals surface area contributed by atoms with Gasteiger partial charge >= 0.3 is 11.8 Å². The Labute approximate surface area is 110 Å². The number of aromatic nitrogens is 2. The number of nitrogens with one attached hydrogen (secondary N) is 1. The number of hydrogen-bond donors (Lipinski definition) is 1. The first-order chi connectivity index (χ1) is 9.06. The smallest absolute Gasteiger partial charge is 0.415 e. The van der Waals surface area contributed by atoms with Crippen LogP contribution in [0.2, 0.25) is 0 Å². The second kappa shape index (κ2) is 4.46. The van der Waals surface area contributed by atoms with Crippen LogP contribution >= 0.6 is 0 Å². The van der Waals surface area contributed by atoms with E-state index in [0.29, 0.717) is 12.6 Å². The van der Waals surface area contributed by atoms with E-state index in [9.17, 15) is 10.1 Å². The van der Waals surface area contributed by atoms with Crippen molar-refractivity contribution in [3.63, 3.8) is 0 Å². The number of imidazole rings is 1. The predicted molar refractivity (Wildman–Crippen MR) is 67.2 cm³/mol. The molecule has 0 bridgehead atoms. The second-order valence-corrected chi connectivity index (χ2v) is 5.34. The van der Waals surface area contributed by atoms with E-state index in [0.717, 1.165) is 32.7 Å². The van der Waals surface area contributed by atoms with Crippen molar-refractivity contribution in [1.29, 1.82) is 0 Å². The molecule has 19 heavy (non-hydrogen) atoms. The van der Waals surface area contributed by atoms with Gasteiger partial charge in [-0.2, -0.15) is 0 Å². The van der Waals surface area contributed by atoms with Crippen molar-refractivity contribution >= 4 is 5.82 Å². The fourth-order valence-corrected chi connectivity index (χ4v) is 2.71. The first-order valence-electron chi connectivity index (χ1n) is 6.39. The van der Waals surface area contributed by atoms with Gasteiger partial charge in [0.05, 0.1) is 6.54 Å². The molecule has 2 aliphatic rings. The Morgan fingerprint density at radius 2 is 2.32 bits per heavy atom. The van der Waals surface area contributed by atoms with E-state index in [2.05, 4.69) is 15.2 Å². The van der Waals surface area contributed by atoms with Crippen LogP contribution < -0.4 is 10.1 Å². The van der Waals surface area contributed by atoms with Gasteiger partial charge in [0.1, 0.15) is 11.8 Å². The molecular formula is C11H17N5O3. The van der Waals surface area contributed by atoms with E-state index in [4.69, 9.17) is 4.74 Å². The Morgan fingerprint density at radius 3 is 2.95 bits per heavy atom. The standard InChI is InChI=1S/C11H17N5O3/c1-11(7-14-4-2-12-3-5-14)8-15-6-9(16(17)18)13-10(15)19-11/h6,12H,2-5,7-8H2,1H3/t11-/m0/s1. The molecule has 0 amide bonds. The average molecular weight is 267 g/mol. The molecule has 8 nitrogen and oxygen atoms in total. The van der Waals surface area contributed by atoms with Crippen molar-refractivity contribution in [1.82, 2.24) is 19.8 Å². The lowest BCUT2D eigenvalue weighted by Gasteiger charge is -2.33. The van der Waals surface area contributed by atoms with Crippen LogP contribution in [0.25, 0.3) is 0 Å². The molecule has 8 heteroatoms. The number of fused-ring (bicyclic) bond motifs is 1. The Morgan fingerprint density at radius 1 is 1.58 bits per heavy atom. The van der Waals surface area contributed by atoms with Gasteiger partial charge in [-0.1, -0.05) is 0 Å². The lowest BCUT2D eigenvalue weighted by atomic mass is 10.1. The fraction of sp³-hybridized carbons (Fsp3) is 0.727. The van der Waals surface area contributed by atoms with Crippen molar-refractivity contribution in [3.05, 3.63) is 16.3 Å². The zero-order valence-corrected chi connectivity index (χ0v) is 10.8. The van der Waals surface area contributed by atoms with Gasteiger partial charge in [-0.15, -0.1) is 0 Å². The molecule has 1 atom stereocenters. The molecule has 2 aliphatic heterocycles. The molecule has 1 saturated heterocycles. The van der Waals surface area contributed by atoms with E-state index >= 15 is 0 Å². The van der Waals surface area contributed by atoms with Gasteiger partial charge in [0.2, 0.25) is 0 Å². The lowest BCUT2D eigenvalue weighted by Crippen LogP contribution is -2.51. The van der Waals surface area contributed by atoms with E-state index in [-0.39, 0.29) is 11.4 Å². The molecule has 0 saturated carbocycles. The molecule has 1 fully saturated rings. The van der Waals surface area contributed by atoms with Crippen LogP contribution in [0, 0.1) is 10.1 Å². The van der Waals surface area contributed by atoms with E-state index in [1.165, 1.54) is 6.20 Å². The van der Waals surface area contributed by atoms with Gasteiger partial charge in [0.15, 0.2) is 0 Å². The van der Waals surface area contributed by atoms with Crippen molar-refractivity contribution in [2.75, 3.05) is 32.7 Å². The highest BCUT2D eigenvalue weighted by Crippen LogP contribution is 2.31. The zero-order valence-electron chi connectivity index (χ0n) is 10.8. The highest BCUT2D eigenvalue weighted by Gasteiger charge is 2.41. The second-order valence-electron chi connectivity index (χ2n) is 5.34. The van der Waals surface area contributed by atoms with Crippen LogP contribution in [0.3, 0.4) is 0 Å². The average Bonchev–Trinajstić information content (AvgIpc) is 2.85. The molecule has 0 aromatic carbocycles. The van der Waals surface area contributed by atoms with Gasteiger partial charge < -0.3 is 20.2 Å². The molecule has 1 N–H and O–H groups in total. The summed E-state index contributed by atoms with van der Waals surface area (Å²) < 4.78 is 7.54. The normalized spacial score (nSPS) is 27.0. The van der Waals surface area contributed by atoms with E-state index in [1.54, 1.807) is 4.57 Å². The third kappa shape index (κ3) is 2.41. The summed E-state index contributed by atoms with van der Waals surface area (Å²) in [4.78, 5) is 16.4. The first-order valence-corrected chi connectivity index (χ1v) is 6.39. The van der Waals surface area contributed by atoms with Gasteiger partial charge in [-0.25, -0.2) is 0 Å². The lowest BCUT2D eigenvalue weighted by molar-refractivity contribution is -0.389. The van der Waals surface area contributed by atoms with Crippen LogP contribution in [-0.4, -0.2) is 57.7 Å². The summed E-state index contributed by atoms with van der Waals surface area (Å²) in [5, 5.41) is 14.0. The van der Waals surface area contributed by atoms with Crippen LogP contribution in [0.4, 0.5) is 5.82 Å². The summed E-state index contributed by atoms with van der Waals surface area (Å²) in [6.07, 6.45) is 1.44. The molecule has 0 spiro atoms. The summed E-state index contributed by atoms with van der Waals surface area (Å²) in [5.41, 5.74) is -0.352. The summed E-state index contributed by atoms with van der Waals surface area (Å²) >= 11 is 0. The monoisotopic (exact) mass is 267 g/mol. The molecule has 1 aromatic heterocycles. The van der Waals surface area contributed by atoms with Crippen LogP contribution in [0.15, 0.2) is 6.20 Å². The molecule has 3 rings (SSSR count). The van der Waals surface area contributed by atoms with Gasteiger partial charge in [0, 0.05) is 37.7 Å². The Kier molecular flexibility index (Phi) is 2.90. The molecule has 104 valence electrons. The third-order valence-corrected chi connectivity index (χ3v) is 3.52. The minimum atomic E-state index is -0.498. The molecule has 0 unspecified atom stereocenters. The molecule has 1 aromatic rings. The Balaban J connectivity index is 1.67. The number of ether oxygens (including phenoxy) is 1. The summed E-state index contributed by atoms with van der Waals surface area (Å²) in [6, 6.07) is 0.351. The maximum absolute atomic E-state index is 10.6. The number of rotatable bonds is 3. The number of nitro groups is 1. The fourth-order valence-electron chi connectivity index (χ4n) is 2.71. The van der Waals surface area contributed by atoms with E-state index < -0.39 is 4.92 Å². The van der Waals surface area contributed by atoms with Crippen molar-refractivity contribution < 1.29 is 9.66 Å². The van der Waals surface area contributed by atoms with Crippen molar-refractivity contribution in [2.24, 2.45) is 0 Å². The van der Waals surface area contributed by atoms with Gasteiger partial charge in [-0.05, 0) is 11.8 Å². The largest absolute Gasteiger partial charge is 0.436 e. The summed E-state index contributed by atoms with van der Waals surface area (Å²) in [6.45, 7) is 7.43. The molecular weight excluding hydrogens is 250 g/mol. The number of hydrogen-bond acceptors (Lipinski definition) is 6. The molecule has 0 radical (unpaired) electrons. The number of nitrogens with zero attached hydrogens (tertiary/aromatic N) is 4. The van der Waals surface area contributed by atoms with Crippen molar-refractivity contribution in [2.45, 2.75) is 19.1 Å². The minimum Gasteiger partial charge on any atom is -0.436 e. The maximum Gasteiger partial charge on any atom is 0.415 e. The van der Waals surface area contributed by atoms with E-state index in [1.807, 2.05) is 6.92 Å². The highest BCUT2D eigenvalue weighted by atomic mass is 16.6. The Bertz CT molecular complexity index is 471. The Hall–Kier alpha value is -1.67. The third-order valence-electron chi connectivity index (χ3n) is 3.52. The first kappa shape index (κ1) is 12.4. The van der Waals surface area contributed by atoms with Crippen LogP contribution in [-0.2, 0) is 6.54 Å². The number of piperazine rings is 1. The SMILES string of the molecule is C[C@]1(CN2CCNCC2)Cn2cc([N+](=O)[O-])nc2O1. The van der Waals surface area contributed by atoms with Gasteiger partial charge in [0.25, 0.3) is 0 Å². The molecule has 0 aliphatic carbocycles. The topological polar surface area (TPSA) is 85.5 Å². The zero-order chi connectivity index (χ0) is 13.5.